The standard InChI is InChI=1S/2C6H11NO4S.Ca/c2*1-4-5(8)7-6(2,3)12(9,10)11;/h2*4H,1H2,2-3H3,(H,7,8)(H,9,10,11);/q;;+2/p-2. The predicted molar refractivity (Wildman–Crippen MR) is 90.0 cm³/mol. The van der Waals surface area contributed by atoms with Crippen molar-refractivity contribution in [2.45, 2.75) is 37.4 Å². The minimum atomic E-state index is -4.54. The zero-order chi connectivity index (χ0) is 20.0. The van der Waals surface area contributed by atoms with Crippen LogP contribution in [0.15, 0.2) is 25.3 Å². The van der Waals surface area contributed by atoms with Crippen molar-refractivity contribution in [1.82, 2.24) is 10.6 Å². The van der Waals surface area contributed by atoms with Gasteiger partial charge in [0.05, 0.1) is 0 Å². The molecular weight excluding hydrogens is 404 g/mol. The third-order valence-corrected chi connectivity index (χ3v) is 5.17. The molecule has 140 valence electrons. The normalized spacial score (nSPS) is 11.8. The summed E-state index contributed by atoms with van der Waals surface area (Å²) >= 11 is 0. The van der Waals surface area contributed by atoms with Crippen molar-refractivity contribution in [3.05, 3.63) is 25.3 Å². The summed E-state index contributed by atoms with van der Waals surface area (Å²) < 4.78 is 63.0. The zero-order valence-electron chi connectivity index (χ0n) is 14.4. The number of hydrogen-bond donors (Lipinski definition) is 2. The molecule has 13 heteroatoms. The first-order valence-corrected chi connectivity index (χ1v) is 9.03. The molecule has 0 spiro atoms. The van der Waals surface area contributed by atoms with Gasteiger partial charge in [0.2, 0.25) is 11.8 Å². The summed E-state index contributed by atoms with van der Waals surface area (Å²) in [5.41, 5.74) is 0. The minimum absolute atomic E-state index is 0. The summed E-state index contributed by atoms with van der Waals surface area (Å²) in [5, 5.41) is 3.98. The fourth-order valence-corrected chi connectivity index (χ4v) is 1.27. The molecule has 0 radical (unpaired) electrons. The van der Waals surface area contributed by atoms with Gasteiger partial charge >= 0.3 is 37.7 Å². The first kappa shape index (κ1) is 29.3. The first-order valence-electron chi connectivity index (χ1n) is 6.21. The van der Waals surface area contributed by atoms with Gasteiger partial charge in [0.25, 0.3) is 0 Å². The van der Waals surface area contributed by atoms with Crippen LogP contribution in [-0.4, -0.2) is 85.2 Å². The first-order chi connectivity index (χ1) is 10.4. The van der Waals surface area contributed by atoms with Gasteiger partial charge in [-0.2, -0.15) is 0 Å². The molecule has 0 aliphatic rings. The second-order valence-electron chi connectivity index (χ2n) is 5.32. The summed E-state index contributed by atoms with van der Waals surface area (Å²) in [4.78, 5) is 17.7. The van der Waals surface area contributed by atoms with Crippen LogP contribution in [0.1, 0.15) is 27.7 Å². The summed E-state index contributed by atoms with van der Waals surface area (Å²) in [6.07, 6.45) is 1.79. The van der Waals surface area contributed by atoms with E-state index >= 15 is 0 Å². The zero-order valence-corrected chi connectivity index (χ0v) is 18.2. The average molecular weight is 425 g/mol. The Bertz CT molecular complexity index is 649. The van der Waals surface area contributed by atoms with E-state index in [1.807, 2.05) is 10.6 Å². The second-order valence-corrected chi connectivity index (χ2v) is 9.17. The monoisotopic (exact) mass is 424 g/mol. The van der Waals surface area contributed by atoms with Gasteiger partial charge in [-0.05, 0) is 39.8 Å². The molecule has 0 saturated heterocycles. The predicted octanol–water partition coefficient (Wildman–Crippen LogP) is -1.24. The van der Waals surface area contributed by atoms with Crippen molar-refractivity contribution < 1.29 is 35.5 Å². The maximum Gasteiger partial charge on any atom is 2.00 e. The number of carbonyl (C=O) groups is 2. The Morgan fingerprint density at radius 3 is 1.12 bits per heavy atom. The van der Waals surface area contributed by atoms with E-state index in [1.165, 1.54) is 0 Å². The number of carbonyl (C=O) groups excluding carboxylic acids is 2. The smallest absolute Gasteiger partial charge is 0.746 e. The van der Waals surface area contributed by atoms with E-state index in [1.54, 1.807) is 0 Å². The van der Waals surface area contributed by atoms with Crippen LogP contribution in [0.3, 0.4) is 0 Å². The van der Waals surface area contributed by atoms with Crippen LogP contribution in [0, 0.1) is 0 Å². The molecule has 0 unspecified atom stereocenters. The van der Waals surface area contributed by atoms with E-state index in [-0.39, 0.29) is 37.7 Å². The van der Waals surface area contributed by atoms with Gasteiger partial charge in [-0.25, -0.2) is 16.8 Å². The van der Waals surface area contributed by atoms with Crippen LogP contribution in [0.2, 0.25) is 0 Å². The molecule has 2 amide bonds. The number of nitrogens with one attached hydrogen (secondary N) is 2. The fraction of sp³-hybridized carbons (Fsp3) is 0.500. The van der Waals surface area contributed by atoms with Crippen molar-refractivity contribution in [1.29, 1.82) is 0 Å². The Morgan fingerprint density at radius 2 is 1.00 bits per heavy atom. The van der Waals surface area contributed by atoms with Gasteiger partial charge in [-0.1, -0.05) is 13.2 Å². The van der Waals surface area contributed by atoms with Crippen LogP contribution < -0.4 is 10.6 Å². The molecule has 0 fully saturated rings. The van der Waals surface area contributed by atoms with Crippen molar-refractivity contribution in [3.63, 3.8) is 0 Å². The Labute approximate surface area is 177 Å². The minimum Gasteiger partial charge on any atom is -0.746 e. The van der Waals surface area contributed by atoms with E-state index in [0.717, 1.165) is 39.8 Å². The molecule has 0 atom stereocenters. The Morgan fingerprint density at radius 1 is 0.800 bits per heavy atom. The van der Waals surface area contributed by atoms with Crippen molar-refractivity contribution in [2.75, 3.05) is 0 Å². The number of hydrogen-bond acceptors (Lipinski definition) is 8. The van der Waals surface area contributed by atoms with Gasteiger partial charge in [-0.15, -0.1) is 0 Å². The third kappa shape index (κ3) is 10.9. The number of amides is 2. The molecule has 0 heterocycles. The van der Waals surface area contributed by atoms with Crippen LogP contribution in [0.4, 0.5) is 0 Å². The molecule has 0 saturated carbocycles. The quantitative estimate of drug-likeness (QED) is 0.302. The van der Waals surface area contributed by atoms with E-state index in [4.69, 9.17) is 0 Å². The molecule has 0 rings (SSSR count). The van der Waals surface area contributed by atoms with Gasteiger partial charge in [0, 0.05) is 0 Å². The Hall–Kier alpha value is -0.500. The van der Waals surface area contributed by atoms with Crippen molar-refractivity contribution >= 4 is 69.8 Å². The van der Waals surface area contributed by atoms with E-state index in [9.17, 15) is 35.5 Å². The number of rotatable bonds is 6. The summed E-state index contributed by atoms with van der Waals surface area (Å²) in [6.45, 7) is 10.7. The van der Waals surface area contributed by atoms with Gasteiger partial charge in [0.1, 0.15) is 30.0 Å². The molecule has 0 aromatic carbocycles. The third-order valence-electron chi connectivity index (χ3n) is 2.47. The molecule has 0 aliphatic carbocycles. The van der Waals surface area contributed by atoms with E-state index in [2.05, 4.69) is 13.2 Å². The van der Waals surface area contributed by atoms with Crippen LogP contribution in [0.25, 0.3) is 0 Å². The van der Waals surface area contributed by atoms with Gasteiger partial charge in [0.15, 0.2) is 0 Å². The molecule has 0 aliphatic heterocycles. The molecule has 0 aromatic heterocycles. The summed E-state index contributed by atoms with van der Waals surface area (Å²) in [7, 11) is -9.07. The van der Waals surface area contributed by atoms with Crippen molar-refractivity contribution in [2.24, 2.45) is 0 Å². The van der Waals surface area contributed by atoms with E-state index < -0.39 is 41.8 Å². The summed E-state index contributed by atoms with van der Waals surface area (Å²) in [5.74, 6) is -1.39. The molecule has 0 bridgehead atoms. The molecular formula is C12H20CaN2O8S2. The topological polar surface area (TPSA) is 173 Å². The van der Waals surface area contributed by atoms with Crippen LogP contribution in [-0.2, 0) is 29.8 Å². The Kier molecular flexibility index (Phi) is 12.4. The van der Waals surface area contributed by atoms with Gasteiger partial charge in [-0.3, -0.25) is 9.59 Å². The summed E-state index contributed by atoms with van der Waals surface area (Å²) in [6, 6.07) is 0. The molecule has 0 aromatic rings. The average Bonchev–Trinajstić information content (AvgIpc) is 2.35. The maximum absolute atomic E-state index is 10.6. The molecule has 2 N–H and O–H groups in total. The Balaban J connectivity index is -0.000000372. The second kappa shape index (κ2) is 10.6. The molecule has 25 heavy (non-hydrogen) atoms. The fourth-order valence-electron chi connectivity index (χ4n) is 0.820. The molecule has 10 nitrogen and oxygen atoms in total. The maximum atomic E-state index is 10.6. The van der Waals surface area contributed by atoms with E-state index in [0.29, 0.717) is 0 Å². The van der Waals surface area contributed by atoms with Crippen LogP contribution in [0.5, 0.6) is 0 Å². The van der Waals surface area contributed by atoms with Gasteiger partial charge < -0.3 is 19.7 Å². The SMILES string of the molecule is C=CC(=O)NC(C)(C)S(=O)(=O)[O-].C=CC(=O)NC(C)(C)S(=O)(=O)[O-].[Ca+2]. The van der Waals surface area contributed by atoms with Crippen molar-refractivity contribution in [3.8, 4) is 0 Å². The van der Waals surface area contributed by atoms with Crippen LogP contribution >= 0.6 is 0 Å². The largest absolute Gasteiger partial charge is 2.00 e.